The highest BCUT2D eigenvalue weighted by atomic mass is 32.1. The summed E-state index contributed by atoms with van der Waals surface area (Å²) in [6.45, 7) is 2.36. The standard InChI is InChI=1S/C25H34N3O9PS/c1-16(22(31)35-17-9-5-3-6-10-17)27-38(33,37-18-11-7-4-8-12-18)34-15-19-21(30)25(2,32)23(36-19)28-14-13-20(29)26-24(28)39/h4,7-8,11-14,16-17,19,21,23,30,32H,3,5-6,9-10,15H2,1-2H3,(H,27,33)(H,26,29,39)/t16-,19+,21?,23+,25+,38?/m0/s1. The van der Waals surface area contributed by atoms with Crippen LogP contribution in [0.3, 0.4) is 0 Å². The number of rotatable bonds is 10. The molecule has 39 heavy (non-hydrogen) atoms. The summed E-state index contributed by atoms with van der Waals surface area (Å²) < 4.78 is 37.8. The van der Waals surface area contributed by atoms with E-state index in [0.29, 0.717) is 0 Å². The number of H-pyrrole nitrogens is 1. The maximum atomic E-state index is 13.8. The number of carbonyl (C=O) groups excluding carboxylic acids is 1. The molecule has 2 heterocycles. The molecular formula is C25H34N3O9PS. The van der Waals surface area contributed by atoms with Crippen LogP contribution >= 0.6 is 20.0 Å². The number of aromatic amines is 1. The third-order valence-electron chi connectivity index (χ3n) is 6.78. The number of nitrogens with one attached hydrogen (secondary N) is 2. The van der Waals surface area contributed by atoms with Crippen molar-refractivity contribution in [2.24, 2.45) is 0 Å². The van der Waals surface area contributed by atoms with Crippen molar-refractivity contribution in [1.82, 2.24) is 14.6 Å². The van der Waals surface area contributed by atoms with Gasteiger partial charge in [-0.2, -0.15) is 5.09 Å². The summed E-state index contributed by atoms with van der Waals surface area (Å²) >= 11 is 5.17. The number of aromatic nitrogens is 2. The van der Waals surface area contributed by atoms with Crippen LogP contribution < -0.4 is 15.2 Å². The second-order valence-corrected chi connectivity index (χ2v) is 12.0. The van der Waals surface area contributed by atoms with Crippen molar-refractivity contribution in [2.75, 3.05) is 6.61 Å². The van der Waals surface area contributed by atoms with Crippen molar-refractivity contribution in [3.63, 3.8) is 0 Å². The van der Waals surface area contributed by atoms with E-state index in [0.717, 1.165) is 32.1 Å². The Bertz CT molecular complexity index is 1300. The number of para-hydroxylation sites is 1. The molecule has 2 aromatic rings. The first-order chi connectivity index (χ1) is 18.5. The molecular weight excluding hydrogens is 549 g/mol. The van der Waals surface area contributed by atoms with Gasteiger partial charge in [-0.1, -0.05) is 24.6 Å². The zero-order valence-electron chi connectivity index (χ0n) is 21.7. The number of benzene rings is 1. The van der Waals surface area contributed by atoms with Crippen LogP contribution in [0.2, 0.25) is 0 Å². The Morgan fingerprint density at radius 2 is 1.97 bits per heavy atom. The van der Waals surface area contributed by atoms with Crippen LogP contribution in [0.4, 0.5) is 0 Å². The van der Waals surface area contributed by atoms with Gasteiger partial charge in [0.05, 0.1) is 6.61 Å². The fourth-order valence-electron chi connectivity index (χ4n) is 4.61. The van der Waals surface area contributed by atoms with Gasteiger partial charge in [0.2, 0.25) is 0 Å². The summed E-state index contributed by atoms with van der Waals surface area (Å²) in [7, 11) is -4.23. The lowest BCUT2D eigenvalue weighted by atomic mass is 9.96. The van der Waals surface area contributed by atoms with E-state index in [1.165, 1.54) is 30.7 Å². The SMILES string of the molecule is C[C@H](NP(=O)(OC[C@H]1O[C@@H](n2ccc(=O)[nH]c2=S)[C@](C)(O)C1O)Oc1ccccc1)C(=O)OC1CCCCC1. The minimum absolute atomic E-state index is 0.0217. The zero-order chi connectivity index (χ0) is 28.2. The molecule has 1 aromatic heterocycles. The normalized spacial score (nSPS) is 27.9. The predicted octanol–water partition coefficient (Wildman–Crippen LogP) is 2.97. The lowest BCUT2D eigenvalue weighted by Crippen LogP contribution is -2.45. The smallest absolute Gasteiger partial charge is 0.459 e. The quantitative estimate of drug-likeness (QED) is 0.185. The molecule has 214 valence electrons. The van der Waals surface area contributed by atoms with E-state index < -0.39 is 56.0 Å². The average Bonchev–Trinajstić information content (AvgIpc) is 3.12. The van der Waals surface area contributed by atoms with E-state index >= 15 is 0 Å². The first-order valence-corrected chi connectivity index (χ1v) is 14.8. The fourth-order valence-corrected chi connectivity index (χ4v) is 6.37. The van der Waals surface area contributed by atoms with Crippen molar-refractivity contribution in [3.05, 3.63) is 57.7 Å². The van der Waals surface area contributed by atoms with Gasteiger partial charge in [-0.3, -0.25) is 23.7 Å². The van der Waals surface area contributed by atoms with Crippen LogP contribution in [-0.2, 0) is 23.4 Å². The second kappa shape index (κ2) is 12.4. The van der Waals surface area contributed by atoms with Gasteiger partial charge in [-0.25, -0.2) is 4.57 Å². The van der Waals surface area contributed by atoms with Gasteiger partial charge < -0.3 is 24.2 Å². The number of aliphatic hydroxyl groups is 2. The number of nitrogens with zero attached hydrogens (tertiary/aromatic N) is 1. The van der Waals surface area contributed by atoms with E-state index in [4.69, 9.17) is 30.7 Å². The van der Waals surface area contributed by atoms with Crippen molar-refractivity contribution < 1.29 is 38.1 Å². The molecule has 1 aliphatic carbocycles. The van der Waals surface area contributed by atoms with Crippen LogP contribution in [0.15, 0.2) is 47.4 Å². The Morgan fingerprint density at radius 3 is 2.64 bits per heavy atom. The number of esters is 1. The number of hydrogen-bond acceptors (Lipinski definition) is 10. The van der Waals surface area contributed by atoms with Gasteiger partial charge in [-0.15, -0.1) is 0 Å². The molecule has 0 radical (unpaired) electrons. The van der Waals surface area contributed by atoms with Gasteiger partial charge in [-0.05, 0) is 63.9 Å². The molecule has 4 rings (SSSR count). The summed E-state index contributed by atoms with van der Waals surface area (Å²) in [6.07, 6.45) is 1.94. The molecule has 2 unspecified atom stereocenters. The number of hydrogen-bond donors (Lipinski definition) is 4. The van der Waals surface area contributed by atoms with Crippen LogP contribution in [0, 0.1) is 4.77 Å². The number of ether oxygens (including phenoxy) is 2. The monoisotopic (exact) mass is 583 g/mol. The summed E-state index contributed by atoms with van der Waals surface area (Å²) in [4.78, 5) is 26.7. The summed E-state index contributed by atoms with van der Waals surface area (Å²) in [6, 6.07) is 8.42. The third-order valence-corrected chi connectivity index (χ3v) is 8.73. The lowest BCUT2D eigenvalue weighted by Gasteiger charge is -2.28. The summed E-state index contributed by atoms with van der Waals surface area (Å²) in [5, 5.41) is 24.5. The van der Waals surface area contributed by atoms with Crippen LogP contribution in [0.25, 0.3) is 0 Å². The average molecular weight is 584 g/mol. The highest BCUT2D eigenvalue weighted by Gasteiger charge is 2.54. The van der Waals surface area contributed by atoms with E-state index in [2.05, 4.69) is 10.1 Å². The molecule has 0 bridgehead atoms. The molecule has 0 amide bonds. The molecule has 1 aromatic carbocycles. The van der Waals surface area contributed by atoms with Crippen molar-refractivity contribution in [3.8, 4) is 5.75 Å². The molecule has 0 spiro atoms. The number of aliphatic hydroxyl groups excluding tert-OH is 1. The Kier molecular flexibility index (Phi) is 9.43. The molecule has 12 nitrogen and oxygen atoms in total. The van der Waals surface area contributed by atoms with Crippen LogP contribution in [0.1, 0.15) is 52.2 Å². The Morgan fingerprint density at radius 1 is 1.28 bits per heavy atom. The van der Waals surface area contributed by atoms with E-state index in [9.17, 15) is 24.4 Å². The predicted molar refractivity (Wildman–Crippen MR) is 143 cm³/mol. The molecule has 6 atom stereocenters. The highest BCUT2D eigenvalue weighted by Crippen LogP contribution is 2.47. The van der Waals surface area contributed by atoms with Gasteiger partial charge in [0.1, 0.15) is 35.7 Å². The minimum atomic E-state index is -4.23. The van der Waals surface area contributed by atoms with Gasteiger partial charge in [0, 0.05) is 12.3 Å². The molecule has 4 N–H and O–H groups in total. The Hall–Kier alpha value is -2.38. The van der Waals surface area contributed by atoms with Crippen molar-refractivity contribution >= 4 is 25.9 Å². The highest BCUT2D eigenvalue weighted by molar-refractivity contribution is 7.71. The maximum Gasteiger partial charge on any atom is 0.459 e. The molecule has 1 aliphatic heterocycles. The van der Waals surface area contributed by atoms with Gasteiger partial charge in [0.25, 0.3) is 5.56 Å². The maximum absolute atomic E-state index is 13.8. The van der Waals surface area contributed by atoms with Gasteiger partial charge in [0.15, 0.2) is 11.0 Å². The van der Waals surface area contributed by atoms with Crippen LogP contribution in [-0.4, -0.2) is 62.3 Å². The summed E-state index contributed by atoms with van der Waals surface area (Å²) in [5.41, 5.74) is -2.28. The minimum Gasteiger partial charge on any atom is -0.461 e. The Labute approximate surface area is 230 Å². The molecule has 1 saturated heterocycles. The molecule has 2 fully saturated rings. The van der Waals surface area contributed by atoms with Gasteiger partial charge >= 0.3 is 13.7 Å². The fraction of sp³-hybridized carbons (Fsp3) is 0.560. The first-order valence-electron chi connectivity index (χ1n) is 12.8. The largest absolute Gasteiger partial charge is 0.461 e. The number of carbonyl (C=O) groups is 1. The molecule has 1 saturated carbocycles. The first kappa shape index (κ1) is 29.6. The van der Waals surface area contributed by atoms with E-state index in [1.54, 1.807) is 30.3 Å². The topological polar surface area (TPSA) is 161 Å². The zero-order valence-corrected chi connectivity index (χ0v) is 23.4. The lowest BCUT2D eigenvalue weighted by molar-refractivity contribution is -0.152. The third kappa shape index (κ3) is 7.23. The summed E-state index contributed by atoms with van der Waals surface area (Å²) in [5.74, 6) is -0.367. The molecule has 14 heteroatoms. The molecule has 2 aliphatic rings. The Balaban J connectivity index is 1.48. The van der Waals surface area contributed by atoms with E-state index in [1.807, 2.05) is 0 Å². The second-order valence-electron chi connectivity index (χ2n) is 9.96. The van der Waals surface area contributed by atoms with Crippen LogP contribution in [0.5, 0.6) is 5.75 Å². The van der Waals surface area contributed by atoms with E-state index in [-0.39, 0.29) is 16.6 Å². The van der Waals surface area contributed by atoms with Crippen molar-refractivity contribution in [1.29, 1.82) is 0 Å². The van der Waals surface area contributed by atoms with Crippen molar-refractivity contribution in [2.45, 2.75) is 82.1 Å².